The first-order valence-corrected chi connectivity index (χ1v) is 28.6. The van der Waals surface area contributed by atoms with Crippen LogP contribution < -0.4 is 16.0 Å². The third kappa shape index (κ3) is 23.9. The third-order valence-electron chi connectivity index (χ3n) is 14.9. The Labute approximate surface area is 480 Å². The van der Waals surface area contributed by atoms with Crippen molar-refractivity contribution in [1.82, 2.24) is 30.7 Å². The van der Waals surface area contributed by atoms with Crippen molar-refractivity contribution in [1.29, 1.82) is 0 Å². The molecular weight excluding hydrogens is 1050 g/mol. The largest absolute Gasteiger partial charge is 0.467 e. The first kappa shape index (κ1) is 70.1. The van der Waals surface area contributed by atoms with Gasteiger partial charge in [-0.05, 0) is 57.3 Å². The van der Waals surface area contributed by atoms with Crippen LogP contribution in [0.15, 0.2) is 36.5 Å². The predicted octanol–water partition coefficient (Wildman–Crippen LogP) is 2.78. The second kappa shape index (κ2) is 37.9. The van der Waals surface area contributed by atoms with Gasteiger partial charge in [0.1, 0.15) is 12.1 Å². The standard InChI is InChI=1S/C58H96N6O17/c1-12-41(4)52(46(73-9)38-50(68)63-23-16-19-45(63)53(74-10)42(5)54(69)60-44(56(71)75-11)37-43-17-14-13-15-18-43)62(8)55(70)51(40(2)3)61-57(72)58(6,7)39-59-47(65)22-25-76-27-29-78-31-33-80-35-36-81-34-32-79-30-28-77-26-24-64-48(66)20-21-49(64)67/h13-15,17,20-21,40-46,51-53H,12,16,18-19,22-39H2,1-11H3,(H,59,65)(H,60,69)(H,61,72)/t41-,42+,43?,44?,45-,46+,51-,52?,53+/m0/s1. The molecule has 0 aromatic heterocycles. The molecule has 3 rings (SSSR count). The van der Waals surface area contributed by atoms with Crippen LogP contribution in [0.5, 0.6) is 0 Å². The van der Waals surface area contributed by atoms with E-state index in [-0.39, 0.29) is 98.9 Å². The number of carbonyl (C=O) groups excluding carboxylic acids is 8. The third-order valence-corrected chi connectivity index (χ3v) is 14.9. The van der Waals surface area contributed by atoms with Gasteiger partial charge in [0.05, 0.1) is 135 Å². The number of esters is 1. The summed E-state index contributed by atoms with van der Waals surface area (Å²) in [6, 6.07) is -2.79. The number of hydrogen-bond acceptors (Lipinski definition) is 17. The maximum Gasteiger partial charge on any atom is 0.328 e. The van der Waals surface area contributed by atoms with Gasteiger partial charge in [-0.3, -0.25) is 38.5 Å². The van der Waals surface area contributed by atoms with E-state index in [1.165, 1.54) is 33.5 Å². The molecule has 0 aromatic carbocycles. The summed E-state index contributed by atoms with van der Waals surface area (Å²) in [7, 11) is 6.00. The molecular formula is C58H96N6O17. The summed E-state index contributed by atoms with van der Waals surface area (Å²) in [5, 5.41) is 8.68. The number of carbonyl (C=O) groups is 8. The quantitative estimate of drug-likeness (QED) is 0.0451. The summed E-state index contributed by atoms with van der Waals surface area (Å²) >= 11 is 0. The molecule has 0 saturated carbocycles. The maximum atomic E-state index is 14.5. The fourth-order valence-corrected chi connectivity index (χ4v) is 9.81. The minimum Gasteiger partial charge on any atom is -0.467 e. The lowest BCUT2D eigenvalue weighted by molar-refractivity contribution is -0.149. The average molecular weight is 1150 g/mol. The van der Waals surface area contributed by atoms with Crippen LogP contribution in [0.25, 0.3) is 0 Å². The predicted molar refractivity (Wildman–Crippen MR) is 300 cm³/mol. The summed E-state index contributed by atoms with van der Waals surface area (Å²) in [6.07, 6.45) is 12.0. The Morgan fingerprint density at radius 3 is 1.84 bits per heavy atom. The van der Waals surface area contributed by atoms with Crippen molar-refractivity contribution < 1.29 is 81.0 Å². The van der Waals surface area contributed by atoms with Crippen molar-refractivity contribution in [3.05, 3.63) is 36.5 Å². The van der Waals surface area contributed by atoms with Crippen molar-refractivity contribution in [2.24, 2.45) is 29.1 Å². The Bertz CT molecular complexity index is 2050. The first-order chi connectivity index (χ1) is 38.7. The lowest BCUT2D eigenvalue weighted by atomic mass is 9.88. The van der Waals surface area contributed by atoms with Gasteiger partial charge in [-0.15, -0.1) is 0 Å². The maximum absolute atomic E-state index is 14.5. The number of rotatable bonds is 42. The molecule has 0 radical (unpaired) electrons. The van der Waals surface area contributed by atoms with E-state index in [4.69, 9.17) is 42.6 Å². The SMILES string of the molecule is CC[C@H](C)C([C@@H](CC(=O)N1CCC[C@H]1[C@H](OC)[C@@H](C)C(=O)NC(CC1C=CC=CC1)C(=O)OC)OC)N(C)C(=O)[C@@H](NC(=O)C(C)(C)CNC(=O)CCOCCOCCOCCOCCOCCOCCN1C(=O)C=CC1=O)C(C)C. The Kier molecular flexibility index (Phi) is 32.8. The fraction of sp³-hybridized carbons (Fsp3) is 0.759. The molecule has 23 nitrogen and oxygen atoms in total. The van der Waals surface area contributed by atoms with Gasteiger partial charge in [-0.25, -0.2) is 4.79 Å². The van der Waals surface area contributed by atoms with Crippen LogP contribution in [0.2, 0.25) is 0 Å². The molecule has 1 fully saturated rings. The molecule has 0 bridgehead atoms. The zero-order chi connectivity index (χ0) is 59.9. The molecule has 7 amide bonds. The van der Waals surface area contributed by atoms with Crippen LogP contribution in [-0.2, 0) is 81.0 Å². The summed E-state index contributed by atoms with van der Waals surface area (Å²) < 4.78 is 50.0. The number of nitrogens with one attached hydrogen (secondary N) is 3. The van der Waals surface area contributed by atoms with E-state index in [2.05, 4.69) is 16.0 Å². The van der Waals surface area contributed by atoms with Crippen molar-refractivity contribution in [2.45, 2.75) is 130 Å². The topological polar surface area (TPSA) is 265 Å². The van der Waals surface area contributed by atoms with Gasteiger partial charge in [0, 0.05) is 52.9 Å². The number of allylic oxidation sites excluding steroid dienone is 4. The lowest BCUT2D eigenvalue weighted by Crippen LogP contribution is -2.59. The molecule has 2 heterocycles. The van der Waals surface area contributed by atoms with E-state index in [1.807, 2.05) is 52.0 Å². The molecule has 3 unspecified atom stereocenters. The highest BCUT2D eigenvalue weighted by molar-refractivity contribution is 6.12. The molecule has 3 aliphatic rings. The molecule has 3 N–H and O–H groups in total. The Morgan fingerprint density at radius 2 is 1.33 bits per heavy atom. The minimum absolute atomic E-state index is 0.0110. The number of likely N-dealkylation sites (N-methyl/N-ethyl adjacent to an activating group) is 1. The first-order valence-electron chi connectivity index (χ1n) is 28.6. The number of imide groups is 1. The highest BCUT2D eigenvalue weighted by Crippen LogP contribution is 2.30. The Hall–Kier alpha value is -5.14. The van der Waals surface area contributed by atoms with Crippen LogP contribution in [0, 0.1) is 29.1 Å². The van der Waals surface area contributed by atoms with Gasteiger partial charge < -0.3 is 68.4 Å². The number of likely N-dealkylation sites (tertiary alicyclic amines) is 1. The molecule has 0 aromatic rings. The zero-order valence-corrected chi connectivity index (χ0v) is 50.1. The van der Waals surface area contributed by atoms with Gasteiger partial charge >= 0.3 is 5.97 Å². The zero-order valence-electron chi connectivity index (χ0n) is 50.1. The van der Waals surface area contributed by atoms with Crippen LogP contribution in [0.3, 0.4) is 0 Å². The lowest BCUT2D eigenvalue weighted by Gasteiger charge is -2.41. The monoisotopic (exact) mass is 1150 g/mol. The van der Waals surface area contributed by atoms with Gasteiger partial charge in [-0.2, -0.15) is 0 Å². The molecule has 460 valence electrons. The van der Waals surface area contributed by atoms with E-state index in [0.29, 0.717) is 91.7 Å². The molecule has 9 atom stereocenters. The van der Waals surface area contributed by atoms with Crippen LogP contribution in [0.4, 0.5) is 0 Å². The smallest absolute Gasteiger partial charge is 0.328 e. The summed E-state index contributed by atoms with van der Waals surface area (Å²) in [6.45, 7) is 17.4. The van der Waals surface area contributed by atoms with Gasteiger partial charge in [0.25, 0.3) is 11.8 Å². The number of ether oxygens (including phenoxy) is 9. The summed E-state index contributed by atoms with van der Waals surface area (Å²) in [5.74, 6) is -3.97. The van der Waals surface area contributed by atoms with Crippen molar-refractivity contribution in [3.8, 4) is 0 Å². The summed E-state index contributed by atoms with van der Waals surface area (Å²) in [4.78, 5) is 110. The van der Waals surface area contributed by atoms with Crippen molar-refractivity contribution in [3.63, 3.8) is 0 Å². The normalized spacial score (nSPS) is 18.8. The van der Waals surface area contributed by atoms with Crippen molar-refractivity contribution >= 4 is 47.3 Å². The highest BCUT2D eigenvalue weighted by Gasteiger charge is 2.44. The fourth-order valence-electron chi connectivity index (χ4n) is 9.81. The molecule has 23 heteroatoms. The highest BCUT2D eigenvalue weighted by atomic mass is 16.6. The molecule has 81 heavy (non-hydrogen) atoms. The van der Waals surface area contributed by atoms with Crippen LogP contribution in [0.1, 0.15) is 93.4 Å². The number of nitrogens with zero attached hydrogens (tertiary/aromatic N) is 3. The molecule has 1 saturated heterocycles. The molecule has 2 aliphatic heterocycles. The number of methoxy groups -OCH3 is 3. The van der Waals surface area contributed by atoms with Crippen molar-refractivity contribution in [2.75, 3.05) is 127 Å². The van der Waals surface area contributed by atoms with E-state index >= 15 is 0 Å². The number of hydrogen-bond donors (Lipinski definition) is 3. The minimum atomic E-state index is -1.09. The molecule has 0 spiro atoms. The number of amides is 7. The van der Waals surface area contributed by atoms with Gasteiger partial charge in [0.15, 0.2) is 0 Å². The van der Waals surface area contributed by atoms with Gasteiger partial charge in [0.2, 0.25) is 29.5 Å². The second-order valence-electron chi connectivity index (χ2n) is 21.7. The van der Waals surface area contributed by atoms with Gasteiger partial charge in [-0.1, -0.05) is 65.3 Å². The van der Waals surface area contributed by atoms with Crippen LogP contribution in [-0.4, -0.2) is 226 Å². The molecule has 1 aliphatic carbocycles. The van der Waals surface area contributed by atoms with E-state index in [0.717, 1.165) is 11.3 Å². The Balaban J connectivity index is 1.39. The van der Waals surface area contributed by atoms with E-state index in [9.17, 15) is 38.4 Å². The summed E-state index contributed by atoms with van der Waals surface area (Å²) in [5.41, 5.74) is -1.09. The average Bonchev–Trinajstić information content (AvgIpc) is 4.08. The van der Waals surface area contributed by atoms with E-state index < -0.39 is 59.6 Å². The second-order valence-corrected chi connectivity index (χ2v) is 21.7. The van der Waals surface area contributed by atoms with Crippen LogP contribution >= 0.6 is 0 Å². The Morgan fingerprint density at radius 1 is 0.765 bits per heavy atom. The van der Waals surface area contributed by atoms with E-state index in [1.54, 1.807) is 37.6 Å².